The highest BCUT2D eigenvalue weighted by Gasteiger charge is 2.13. The van der Waals surface area contributed by atoms with Crippen LogP contribution in [0.1, 0.15) is 12.3 Å². The number of rotatable bonds is 8. The molecule has 2 heterocycles. The van der Waals surface area contributed by atoms with E-state index < -0.39 is 0 Å². The molecule has 0 bridgehead atoms. The molecule has 6 nitrogen and oxygen atoms in total. The second kappa shape index (κ2) is 8.57. The summed E-state index contributed by atoms with van der Waals surface area (Å²) in [5.74, 6) is 1.21. The van der Waals surface area contributed by atoms with Crippen LogP contribution < -0.4 is 4.74 Å². The third kappa shape index (κ3) is 4.89. The number of carbonyl (C=O) groups excluding carboxylic acids is 1. The summed E-state index contributed by atoms with van der Waals surface area (Å²) >= 11 is 1.53. The monoisotopic (exact) mass is 375 g/mol. The first kappa shape index (κ1) is 18.1. The van der Waals surface area contributed by atoms with Gasteiger partial charge in [0.05, 0.1) is 11.4 Å². The Morgan fingerprint density at radius 1 is 1.31 bits per heavy atom. The summed E-state index contributed by atoms with van der Waals surface area (Å²) in [4.78, 5) is 19.0. The highest BCUT2D eigenvalue weighted by molar-refractivity contribution is 7.13. The Bertz CT molecular complexity index is 834. The predicted molar refractivity (Wildman–Crippen MR) is 95.5 cm³/mol. The Kier molecular flexibility index (Phi) is 5.96. The number of carbonyl (C=O) groups is 1. The standard InChI is InChI=1S/C18H18FN3O3S/c1-22(10-11-24-14-6-4-13(19)5-7-14)17(23)9-8-16-20-18(21-25-16)15-3-2-12-26-15/h2-7,12H,8-11H2,1H3. The number of ether oxygens (including phenoxy) is 1. The molecule has 0 fully saturated rings. The Labute approximate surface area is 154 Å². The molecule has 0 N–H and O–H groups in total. The zero-order valence-corrected chi connectivity index (χ0v) is 15.0. The fourth-order valence-electron chi connectivity index (χ4n) is 2.22. The van der Waals surface area contributed by atoms with Gasteiger partial charge in [0.2, 0.25) is 17.6 Å². The molecule has 2 aromatic heterocycles. The van der Waals surface area contributed by atoms with Crippen LogP contribution in [0.5, 0.6) is 5.75 Å². The smallest absolute Gasteiger partial charge is 0.227 e. The molecule has 0 unspecified atom stereocenters. The topological polar surface area (TPSA) is 68.5 Å². The fourth-order valence-corrected chi connectivity index (χ4v) is 2.87. The Balaban J connectivity index is 1.40. The maximum atomic E-state index is 12.8. The molecular weight excluding hydrogens is 357 g/mol. The van der Waals surface area contributed by atoms with Crippen LogP contribution in [0.3, 0.4) is 0 Å². The molecule has 0 spiro atoms. The maximum Gasteiger partial charge on any atom is 0.227 e. The van der Waals surface area contributed by atoms with Crippen molar-refractivity contribution >= 4 is 17.2 Å². The minimum atomic E-state index is -0.312. The summed E-state index contributed by atoms with van der Waals surface area (Å²) in [7, 11) is 1.71. The third-order valence-corrected chi connectivity index (χ3v) is 4.56. The number of thiophene rings is 1. The van der Waals surface area contributed by atoms with Gasteiger partial charge in [0.1, 0.15) is 18.2 Å². The molecule has 0 atom stereocenters. The SMILES string of the molecule is CN(CCOc1ccc(F)cc1)C(=O)CCc1nc(-c2cccs2)no1. The number of likely N-dealkylation sites (N-methyl/N-ethyl adjacent to an activating group) is 1. The Morgan fingerprint density at radius 3 is 2.85 bits per heavy atom. The summed E-state index contributed by atoms with van der Waals surface area (Å²) < 4.78 is 23.5. The van der Waals surface area contributed by atoms with Crippen molar-refractivity contribution < 1.29 is 18.4 Å². The van der Waals surface area contributed by atoms with Gasteiger partial charge in [-0.25, -0.2) is 4.39 Å². The van der Waals surface area contributed by atoms with Gasteiger partial charge in [-0.3, -0.25) is 4.79 Å². The second-order valence-corrected chi connectivity index (χ2v) is 6.55. The van der Waals surface area contributed by atoms with Crippen LogP contribution in [0, 0.1) is 5.82 Å². The lowest BCUT2D eigenvalue weighted by molar-refractivity contribution is -0.130. The average molecular weight is 375 g/mol. The first-order valence-electron chi connectivity index (χ1n) is 8.10. The van der Waals surface area contributed by atoms with Gasteiger partial charge < -0.3 is 14.2 Å². The van der Waals surface area contributed by atoms with Crippen LogP contribution in [-0.2, 0) is 11.2 Å². The minimum absolute atomic E-state index is 0.0384. The highest BCUT2D eigenvalue weighted by atomic mass is 32.1. The van der Waals surface area contributed by atoms with E-state index in [4.69, 9.17) is 9.26 Å². The van der Waals surface area contributed by atoms with E-state index in [0.717, 1.165) is 4.88 Å². The van der Waals surface area contributed by atoms with Crippen molar-refractivity contribution in [2.75, 3.05) is 20.2 Å². The number of nitrogens with zero attached hydrogens (tertiary/aromatic N) is 3. The second-order valence-electron chi connectivity index (χ2n) is 5.61. The van der Waals surface area contributed by atoms with Gasteiger partial charge in [0, 0.05) is 19.9 Å². The lowest BCUT2D eigenvalue weighted by atomic mass is 10.3. The molecule has 1 amide bonds. The summed E-state index contributed by atoms with van der Waals surface area (Å²) in [5.41, 5.74) is 0. The predicted octanol–water partition coefficient (Wildman–Crippen LogP) is 3.41. The molecule has 3 rings (SSSR count). The van der Waals surface area contributed by atoms with Crippen LogP contribution in [-0.4, -0.2) is 41.1 Å². The van der Waals surface area contributed by atoms with Crippen LogP contribution in [0.15, 0.2) is 46.3 Å². The van der Waals surface area contributed by atoms with Crippen LogP contribution >= 0.6 is 11.3 Å². The number of amides is 1. The molecule has 0 saturated heterocycles. The van der Waals surface area contributed by atoms with Crippen LogP contribution in [0.25, 0.3) is 10.7 Å². The van der Waals surface area contributed by atoms with Crippen molar-refractivity contribution in [2.24, 2.45) is 0 Å². The zero-order chi connectivity index (χ0) is 18.4. The van der Waals surface area contributed by atoms with E-state index in [2.05, 4.69) is 10.1 Å². The van der Waals surface area contributed by atoms with Crippen molar-refractivity contribution in [1.29, 1.82) is 0 Å². The van der Waals surface area contributed by atoms with Gasteiger partial charge in [-0.05, 0) is 35.7 Å². The third-order valence-electron chi connectivity index (χ3n) is 3.70. The fraction of sp³-hybridized carbons (Fsp3) is 0.278. The highest BCUT2D eigenvalue weighted by Crippen LogP contribution is 2.21. The van der Waals surface area contributed by atoms with Gasteiger partial charge in [-0.1, -0.05) is 11.2 Å². The number of hydrogen-bond acceptors (Lipinski definition) is 6. The van der Waals surface area contributed by atoms with Crippen molar-refractivity contribution in [3.8, 4) is 16.5 Å². The molecule has 0 aliphatic carbocycles. The first-order chi connectivity index (χ1) is 12.6. The van der Waals surface area contributed by atoms with E-state index >= 15 is 0 Å². The summed E-state index contributed by atoms with van der Waals surface area (Å²) in [6, 6.07) is 9.61. The van der Waals surface area contributed by atoms with Crippen molar-refractivity contribution in [1.82, 2.24) is 15.0 Å². The van der Waals surface area contributed by atoms with E-state index in [9.17, 15) is 9.18 Å². The van der Waals surface area contributed by atoms with Crippen LogP contribution in [0.2, 0.25) is 0 Å². The largest absolute Gasteiger partial charge is 0.492 e. The maximum absolute atomic E-state index is 12.8. The van der Waals surface area contributed by atoms with E-state index in [1.807, 2.05) is 17.5 Å². The molecule has 1 aromatic carbocycles. The normalized spacial score (nSPS) is 10.7. The summed E-state index contributed by atoms with van der Waals surface area (Å²) in [6.07, 6.45) is 0.666. The molecule has 26 heavy (non-hydrogen) atoms. The van der Waals surface area contributed by atoms with E-state index in [0.29, 0.717) is 37.0 Å². The van der Waals surface area contributed by atoms with Gasteiger partial charge in [0.15, 0.2) is 0 Å². The first-order valence-corrected chi connectivity index (χ1v) is 8.98. The van der Waals surface area contributed by atoms with Gasteiger partial charge in [0.25, 0.3) is 0 Å². The molecule has 0 saturated carbocycles. The van der Waals surface area contributed by atoms with Gasteiger partial charge >= 0.3 is 0 Å². The number of halogens is 1. The Hall–Kier alpha value is -2.74. The van der Waals surface area contributed by atoms with Gasteiger partial charge in [-0.15, -0.1) is 11.3 Å². The molecule has 0 radical (unpaired) electrons. The summed E-state index contributed by atoms with van der Waals surface area (Å²) in [5, 5.41) is 5.87. The van der Waals surface area contributed by atoms with E-state index in [1.165, 1.54) is 23.5 Å². The van der Waals surface area contributed by atoms with E-state index in [-0.39, 0.29) is 18.1 Å². The number of aromatic nitrogens is 2. The summed E-state index contributed by atoms with van der Waals surface area (Å²) in [6.45, 7) is 0.761. The molecular formula is C18H18FN3O3S. The van der Waals surface area contributed by atoms with E-state index in [1.54, 1.807) is 24.1 Å². The number of aryl methyl sites for hydroxylation is 1. The lowest BCUT2D eigenvalue weighted by Crippen LogP contribution is -2.31. The number of hydrogen-bond donors (Lipinski definition) is 0. The molecule has 136 valence electrons. The Morgan fingerprint density at radius 2 is 2.12 bits per heavy atom. The lowest BCUT2D eigenvalue weighted by Gasteiger charge is -2.17. The molecule has 0 aliphatic heterocycles. The molecule has 3 aromatic rings. The number of benzene rings is 1. The van der Waals surface area contributed by atoms with Crippen LogP contribution in [0.4, 0.5) is 4.39 Å². The molecule has 8 heteroatoms. The van der Waals surface area contributed by atoms with Crippen molar-refractivity contribution in [3.63, 3.8) is 0 Å². The molecule has 0 aliphatic rings. The van der Waals surface area contributed by atoms with Crippen molar-refractivity contribution in [2.45, 2.75) is 12.8 Å². The average Bonchev–Trinajstić information content (AvgIpc) is 3.32. The van der Waals surface area contributed by atoms with Crippen molar-refractivity contribution in [3.05, 3.63) is 53.5 Å². The minimum Gasteiger partial charge on any atom is -0.492 e. The quantitative estimate of drug-likeness (QED) is 0.604. The zero-order valence-electron chi connectivity index (χ0n) is 14.2. The van der Waals surface area contributed by atoms with Gasteiger partial charge in [-0.2, -0.15) is 4.98 Å².